The lowest BCUT2D eigenvalue weighted by molar-refractivity contribution is 0.700. The van der Waals surface area contributed by atoms with E-state index in [1.165, 1.54) is 4.88 Å². The van der Waals surface area contributed by atoms with Crippen LogP contribution in [-0.2, 0) is 13.1 Å². The Labute approximate surface area is 115 Å². The molecule has 0 aliphatic heterocycles. The summed E-state index contributed by atoms with van der Waals surface area (Å²) in [4.78, 5) is 5.44. The van der Waals surface area contributed by atoms with Crippen molar-refractivity contribution in [3.05, 3.63) is 49.9 Å². The summed E-state index contributed by atoms with van der Waals surface area (Å²) >= 11 is 13.6. The highest BCUT2D eigenvalue weighted by Crippen LogP contribution is 2.21. The number of aryl methyl sites for hydroxylation is 1. The quantitative estimate of drug-likeness (QED) is 0.917. The summed E-state index contributed by atoms with van der Waals surface area (Å²) in [6.45, 7) is 3.54. The maximum absolute atomic E-state index is 6.08. The van der Waals surface area contributed by atoms with Gasteiger partial charge in [0.25, 0.3) is 0 Å². The van der Waals surface area contributed by atoms with E-state index >= 15 is 0 Å². The summed E-state index contributed by atoms with van der Waals surface area (Å²) in [7, 11) is 0. The summed E-state index contributed by atoms with van der Waals surface area (Å²) in [6, 6.07) is 5.55. The normalized spacial score (nSPS) is 10.8. The molecule has 0 aliphatic rings. The molecule has 90 valence electrons. The number of nitrogens with one attached hydrogen (secondary N) is 1. The van der Waals surface area contributed by atoms with E-state index in [0.717, 1.165) is 23.7 Å². The fourth-order valence-electron chi connectivity index (χ4n) is 1.47. The molecular formula is C12H12Cl2N2S. The molecule has 1 N–H and O–H groups in total. The Bertz CT molecular complexity index is 511. The van der Waals surface area contributed by atoms with Gasteiger partial charge in [-0.1, -0.05) is 29.3 Å². The molecule has 0 bridgehead atoms. The molecule has 0 amide bonds. The number of benzene rings is 1. The highest BCUT2D eigenvalue weighted by molar-refractivity contribution is 7.11. The van der Waals surface area contributed by atoms with Gasteiger partial charge >= 0.3 is 0 Å². The second kappa shape index (κ2) is 5.83. The zero-order chi connectivity index (χ0) is 12.3. The highest BCUT2D eigenvalue weighted by Gasteiger charge is 2.02. The molecular weight excluding hydrogens is 275 g/mol. The number of rotatable bonds is 4. The van der Waals surface area contributed by atoms with Crippen LogP contribution in [0.3, 0.4) is 0 Å². The van der Waals surface area contributed by atoms with Gasteiger partial charge in [-0.05, 0) is 24.6 Å². The largest absolute Gasteiger partial charge is 0.308 e. The van der Waals surface area contributed by atoms with Crippen molar-refractivity contribution in [2.24, 2.45) is 0 Å². The van der Waals surface area contributed by atoms with Gasteiger partial charge in [0.1, 0.15) is 0 Å². The Kier molecular flexibility index (Phi) is 4.40. The maximum Gasteiger partial charge on any atom is 0.0897 e. The van der Waals surface area contributed by atoms with Gasteiger partial charge in [0.05, 0.1) is 5.01 Å². The van der Waals surface area contributed by atoms with Crippen molar-refractivity contribution in [2.75, 3.05) is 0 Å². The van der Waals surface area contributed by atoms with E-state index < -0.39 is 0 Å². The fraction of sp³-hybridized carbons (Fsp3) is 0.250. The minimum absolute atomic E-state index is 0.664. The van der Waals surface area contributed by atoms with Gasteiger partial charge in [-0.15, -0.1) is 11.3 Å². The van der Waals surface area contributed by atoms with Crippen molar-refractivity contribution in [3.8, 4) is 0 Å². The van der Waals surface area contributed by atoms with Gasteiger partial charge in [0, 0.05) is 34.2 Å². The second-order valence-corrected chi connectivity index (χ2v) is 5.85. The summed E-state index contributed by atoms with van der Waals surface area (Å²) in [6.07, 6.45) is 1.90. The molecule has 0 fully saturated rings. The molecule has 0 atom stereocenters. The Morgan fingerprint density at radius 1 is 1.29 bits per heavy atom. The van der Waals surface area contributed by atoms with E-state index in [1.54, 1.807) is 17.4 Å². The molecule has 2 aromatic rings. The third-order valence-electron chi connectivity index (χ3n) is 2.30. The molecule has 17 heavy (non-hydrogen) atoms. The SMILES string of the molecule is Cc1ncc(CNCc2ccc(Cl)cc2Cl)s1. The van der Waals surface area contributed by atoms with Gasteiger partial charge in [-0.25, -0.2) is 4.98 Å². The third-order valence-corrected chi connectivity index (χ3v) is 3.80. The summed E-state index contributed by atoms with van der Waals surface area (Å²) in [5.74, 6) is 0. The van der Waals surface area contributed by atoms with Crippen LogP contribution in [-0.4, -0.2) is 4.98 Å². The third kappa shape index (κ3) is 3.68. The van der Waals surface area contributed by atoms with E-state index in [9.17, 15) is 0 Å². The van der Waals surface area contributed by atoms with Crippen LogP contribution in [0.25, 0.3) is 0 Å². The summed E-state index contributed by atoms with van der Waals surface area (Å²) in [5.41, 5.74) is 1.05. The molecule has 1 heterocycles. The van der Waals surface area contributed by atoms with Crippen LogP contribution in [0.1, 0.15) is 15.4 Å². The summed E-state index contributed by atoms with van der Waals surface area (Å²) in [5, 5.41) is 5.79. The van der Waals surface area contributed by atoms with E-state index in [2.05, 4.69) is 10.3 Å². The van der Waals surface area contributed by atoms with Gasteiger partial charge in [0.2, 0.25) is 0 Å². The smallest absolute Gasteiger partial charge is 0.0897 e. The van der Waals surface area contributed by atoms with Gasteiger partial charge in [-0.2, -0.15) is 0 Å². The Morgan fingerprint density at radius 2 is 2.12 bits per heavy atom. The highest BCUT2D eigenvalue weighted by atomic mass is 35.5. The van der Waals surface area contributed by atoms with Gasteiger partial charge < -0.3 is 5.32 Å². The molecule has 2 nitrogen and oxygen atoms in total. The number of aromatic nitrogens is 1. The molecule has 0 radical (unpaired) electrons. The van der Waals surface area contributed by atoms with Crippen LogP contribution in [0, 0.1) is 6.92 Å². The standard InChI is InChI=1S/C12H12Cl2N2S/c1-8-16-7-11(17-8)6-15-5-9-2-3-10(13)4-12(9)14/h2-4,7,15H,5-6H2,1H3. The van der Waals surface area contributed by atoms with E-state index in [4.69, 9.17) is 23.2 Å². The van der Waals surface area contributed by atoms with E-state index in [-0.39, 0.29) is 0 Å². The molecule has 0 saturated carbocycles. The molecule has 0 unspecified atom stereocenters. The molecule has 1 aromatic heterocycles. The number of hydrogen-bond donors (Lipinski definition) is 1. The van der Waals surface area contributed by atoms with Crippen molar-refractivity contribution < 1.29 is 0 Å². The number of halogens is 2. The van der Waals surface area contributed by atoms with Crippen molar-refractivity contribution in [1.29, 1.82) is 0 Å². The minimum Gasteiger partial charge on any atom is -0.308 e. The first kappa shape index (κ1) is 12.8. The van der Waals surface area contributed by atoms with Crippen LogP contribution < -0.4 is 5.32 Å². The number of hydrogen-bond acceptors (Lipinski definition) is 3. The monoisotopic (exact) mass is 286 g/mol. The van der Waals surface area contributed by atoms with Crippen LogP contribution in [0.2, 0.25) is 10.0 Å². The first-order chi connectivity index (χ1) is 8.15. The number of thiazole rings is 1. The molecule has 0 saturated heterocycles. The zero-order valence-electron chi connectivity index (χ0n) is 9.34. The second-order valence-electron chi connectivity index (χ2n) is 3.68. The average Bonchev–Trinajstić information content (AvgIpc) is 2.68. The van der Waals surface area contributed by atoms with Gasteiger partial charge in [-0.3, -0.25) is 0 Å². The lowest BCUT2D eigenvalue weighted by atomic mass is 10.2. The lowest BCUT2D eigenvalue weighted by Crippen LogP contribution is -2.12. The molecule has 2 rings (SSSR count). The summed E-state index contributed by atoms with van der Waals surface area (Å²) < 4.78 is 0. The van der Waals surface area contributed by atoms with Crippen molar-refractivity contribution >= 4 is 34.5 Å². The predicted molar refractivity (Wildman–Crippen MR) is 73.9 cm³/mol. The van der Waals surface area contributed by atoms with E-state index in [0.29, 0.717) is 10.0 Å². The van der Waals surface area contributed by atoms with Crippen molar-refractivity contribution in [3.63, 3.8) is 0 Å². The van der Waals surface area contributed by atoms with Crippen molar-refractivity contribution in [1.82, 2.24) is 10.3 Å². The average molecular weight is 287 g/mol. The maximum atomic E-state index is 6.08. The predicted octanol–water partition coefficient (Wildman–Crippen LogP) is 4.05. The molecule has 1 aromatic carbocycles. The first-order valence-electron chi connectivity index (χ1n) is 5.21. The van der Waals surface area contributed by atoms with Crippen LogP contribution in [0.15, 0.2) is 24.4 Å². The topological polar surface area (TPSA) is 24.9 Å². The Morgan fingerprint density at radius 3 is 2.76 bits per heavy atom. The molecule has 5 heteroatoms. The van der Waals surface area contributed by atoms with Crippen LogP contribution in [0.4, 0.5) is 0 Å². The fourth-order valence-corrected chi connectivity index (χ4v) is 2.71. The van der Waals surface area contributed by atoms with Crippen LogP contribution in [0.5, 0.6) is 0 Å². The van der Waals surface area contributed by atoms with Gasteiger partial charge in [0.15, 0.2) is 0 Å². The molecule has 0 aliphatic carbocycles. The Balaban J connectivity index is 1.90. The first-order valence-corrected chi connectivity index (χ1v) is 6.78. The van der Waals surface area contributed by atoms with Crippen molar-refractivity contribution in [2.45, 2.75) is 20.0 Å². The minimum atomic E-state index is 0.664. The Hall–Kier alpha value is -0.610. The number of nitrogens with zero attached hydrogens (tertiary/aromatic N) is 1. The molecule has 0 spiro atoms. The van der Waals surface area contributed by atoms with E-state index in [1.807, 2.05) is 25.3 Å². The lowest BCUT2D eigenvalue weighted by Gasteiger charge is -2.05. The zero-order valence-corrected chi connectivity index (χ0v) is 11.7. The van der Waals surface area contributed by atoms with Crippen LogP contribution >= 0.6 is 34.5 Å².